The highest BCUT2D eigenvalue weighted by Crippen LogP contribution is 2.25. The second-order valence-corrected chi connectivity index (χ2v) is 5.19. The van der Waals surface area contributed by atoms with E-state index in [9.17, 15) is 4.79 Å². The third-order valence-corrected chi connectivity index (χ3v) is 3.67. The van der Waals surface area contributed by atoms with Gasteiger partial charge in [0.15, 0.2) is 0 Å². The molecular weight excluding hydrogens is 308 g/mol. The van der Waals surface area contributed by atoms with E-state index in [1.54, 1.807) is 41.0 Å². The number of anilines is 1. The van der Waals surface area contributed by atoms with E-state index in [-0.39, 0.29) is 5.91 Å². The Morgan fingerprint density at radius 3 is 2.89 bits per heavy atom. The Morgan fingerprint density at radius 1 is 1.53 bits per heavy atom. The maximum Gasteiger partial charge on any atom is 0.255 e. The summed E-state index contributed by atoms with van der Waals surface area (Å²) in [5.74, 6) is -0.0805. The molecule has 0 aliphatic carbocycles. The number of rotatable bonds is 3. The van der Waals surface area contributed by atoms with Crippen LogP contribution in [0.3, 0.4) is 0 Å². The van der Waals surface area contributed by atoms with Crippen LogP contribution in [0.15, 0.2) is 35.1 Å². The third kappa shape index (κ3) is 2.96. The number of halogens is 1. The molecule has 1 aromatic carbocycles. The first-order chi connectivity index (χ1) is 8.99. The number of carbonyl (C=O) groups is 1. The number of aryl methyl sites for hydroxylation is 1. The van der Waals surface area contributed by atoms with Crippen molar-refractivity contribution < 1.29 is 4.79 Å². The molecule has 6 heteroatoms. The van der Waals surface area contributed by atoms with E-state index in [0.29, 0.717) is 22.3 Å². The molecule has 2 rings (SSSR count). The highest BCUT2D eigenvalue weighted by Gasteiger charge is 2.16. The van der Waals surface area contributed by atoms with E-state index >= 15 is 0 Å². The topological polar surface area (TPSA) is 64.2 Å². The van der Waals surface area contributed by atoms with Crippen LogP contribution in [0.2, 0.25) is 0 Å². The Labute approximate surface area is 120 Å². The third-order valence-electron chi connectivity index (χ3n) is 2.78. The zero-order valence-electron chi connectivity index (χ0n) is 10.8. The second-order valence-electron chi connectivity index (χ2n) is 4.39. The van der Waals surface area contributed by atoms with E-state index in [1.807, 2.05) is 13.2 Å². The number of hydrogen-bond acceptors (Lipinski definition) is 3. The molecule has 0 spiro atoms. The van der Waals surface area contributed by atoms with E-state index in [0.717, 1.165) is 5.56 Å². The minimum absolute atomic E-state index is 0.0805. The van der Waals surface area contributed by atoms with Crippen molar-refractivity contribution in [3.63, 3.8) is 0 Å². The molecule has 0 saturated carbocycles. The van der Waals surface area contributed by atoms with Crippen LogP contribution in [0, 0.1) is 0 Å². The summed E-state index contributed by atoms with van der Waals surface area (Å²) in [6, 6.07) is 5.27. The first kappa shape index (κ1) is 13.6. The molecule has 1 aromatic heterocycles. The Morgan fingerprint density at radius 2 is 2.26 bits per heavy atom. The maximum atomic E-state index is 12.3. The van der Waals surface area contributed by atoms with Gasteiger partial charge in [-0.2, -0.15) is 5.10 Å². The molecule has 0 fully saturated rings. The monoisotopic (exact) mass is 322 g/mol. The zero-order valence-corrected chi connectivity index (χ0v) is 12.4. The van der Waals surface area contributed by atoms with Crippen molar-refractivity contribution in [3.05, 3.63) is 46.2 Å². The van der Waals surface area contributed by atoms with Crippen LogP contribution in [-0.2, 0) is 13.6 Å². The number of carbonyl (C=O) groups excluding carboxylic acids is 1. The minimum Gasteiger partial charge on any atom is -0.398 e. The van der Waals surface area contributed by atoms with Crippen LogP contribution in [0.4, 0.5) is 5.69 Å². The van der Waals surface area contributed by atoms with Crippen LogP contribution in [0.1, 0.15) is 15.9 Å². The van der Waals surface area contributed by atoms with Crippen LogP contribution in [0.25, 0.3) is 0 Å². The molecule has 0 bridgehead atoms. The fraction of sp³-hybridized carbons (Fsp3) is 0.231. The van der Waals surface area contributed by atoms with Gasteiger partial charge in [0, 0.05) is 38.1 Å². The molecule has 0 radical (unpaired) electrons. The van der Waals surface area contributed by atoms with Gasteiger partial charge in [-0.3, -0.25) is 9.48 Å². The number of nitrogen functional groups attached to an aromatic ring is 1. The van der Waals surface area contributed by atoms with Gasteiger partial charge in [-0.25, -0.2) is 0 Å². The molecule has 2 aromatic rings. The second kappa shape index (κ2) is 5.44. The summed E-state index contributed by atoms with van der Waals surface area (Å²) >= 11 is 3.35. The average Bonchev–Trinajstić information content (AvgIpc) is 2.77. The molecule has 1 heterocycles. The quantitative estimate of drug-likeness (QED) is 0.879. The largest absolute Gasteiger partial charge is 0.398 e. The Bertz CT molecular complexity index is 608. The number of aromatic nitrogens is 2. The van der Waals surface area contributed by atoms with Crippen molar-refractivity contribution in [2.75, 3.05) is 12.8 Å². The van der Waals surface area contributed by atoms with Crippen molar-refractivity contribution in [1.82, 2.24) is 14.7 Å². The van der Waals surface area contributed by atoms with Gasteiger partial charge >= 0.3 is 0 Å². The first-order valence-corrected chi connectivity index (χ1v) is 6.55. The fourth-order valence-electron chi connectivity index (χ4n) is 1.82. The zero-order chi connectivity index (χ0) is 14.0. The predicted octanol–water partition coefficient (Wildman–Crippen LogP) is 2.04. The lowest BCUT2D eigenvalue weighted by atomic mass is 10.1. The molecule has 100 valence electrons. The lowest BCUT2D eigenvalue weighted by Crippen LogP contribution is -2.26. The summed E-state index contributed by atoms with van der Waals surface area (Å²) < 4.78 is 2.35. The summed E-state index contributed by atoms with van der Waals surface area (Å²) in [6.45, 7) is 0.508. The maximum absolute atomic E-state index is 12.3. The molecule has 0 aliphatic rings. The van der Waals surface area contributed by atoms with Gasteiger partial charge in [0.25, 0.3) is 5.91 Å². The smallest absolute Gasteiger partial charge is 0.255 e. The lowest BCUT2D eigenvalue weighted by Gasteiger charge is -2.17. The summed E-state index contributed by atoms with van der Waals surface area (Å²) in [7, 11) is 3.60. The van der Waals surface area contributed by atoms with Crippen molar-refractivity contribution in [2.24, 2.45) is 7.05 Å². The van der Waals surface area contributed by atoms with Gasteiger partial charge in [0.05, 0.1) is 16.2 Å². The Balaban J connectivity index is 2.17. The Kier molecular flexibility index (Phi) is 3.90. The number of nitrogens with two attached hydrogens (primary N) is 1. The van der Waals surface area contributed by atoms with E-state index in [1.165, 1.54) is 0 Å². The number of benzene rings is 1. The molecule has 1 amide bonds. The summed E-state index contributed by atoms with van der Waals surface area (Å²) in [5, 5.41) is 4.08. The molecule has 0 unspecified atom stereocenters. The normalized spacial score (nSPS) is 10.5. The van der Waals surface area contributed by atoms with Crippen LogP contribution < -0.4 is 5.73 Å². The van der Waals surface area contributed by atoms with Crippen LogP contribution in [-0.4, -0.2) is 27.6 Å². The van der Waals surface area contributed by atoms with Gasteiger partial charge in [-0.1, -0.05) is 6.07 Å². The van der Waals surface area contributed by atoms with E-state index in [2.05, 4.69) is 21.0 Å². The summed E-state index contributed by atoms with van der Waals surface area (Å²) in [4.78, 5) is 14.0. The molecule has 0 atom stereocenters. The van der Waals surface area contributed by atoms with Crippen molar-refractivity contribution in [3.8, 4) is 0 Å². The number of nitrogens with zero attached hydrogens (tertiary/aromatic N) is 3. The standard InChI is InChI=1S/C13H15BrN4O/c1-17(7-9-6-16-18(2)8-9)13(19)10-4-3-5-11(15)12(10)14/h3-6,8H,7,15H2,1-2H3. The summed E-state index contributed by atoms with van der Waals surface area (Å²) in [5.41, 5.74) is 7.89. The number of hydrogen-bond donors (Lipinski definition) is 1. The highest BCUT2D eigenvalue weighted by atomic mass is 79.9. The van der Waals surface area contributed by atoms with Gasteiger partial charge in [-0.05, 0) is 28.1 Å². The molecule has 19 heavy (non-hydrogen) atoms. The van der Waals surface area contributed by atoms with Gasteiger partial charge in [0.2, 0.25) is 0 Å². The molecule has 0 aliphatic heterocycles. The van der Waals surface area contributed by atoms with Crippen molar-refractivity contribution >= 4 is 27.5 Å². The molecule has 0 saturated heterocycles. The predicted molar refractivity (Wildman–Crippen MR) is 77.6 cm³/mol. The molecule has 5 nitrogen and oxygen atoms in total. The highest BCUT2D eigenvalue weighted by molar-refractivity contribution is 9.10. The molecule has 2 N–H and O–H groups in total. The van der Waals surface area contributed by atoms with Crippen LogP contribution in [0.5, 0.6) is 0 Å². The van der Waals surface area contributed by atoms with Gasteiger partial charge in [0.1, 0.15) is 0 Å². The SMILES string of the molecule is CN(Cc1cnn(C)c1)C(=O)c1cccc(N)c1Br. The summed E-state index contributed by atoms with van der Waals surface area (Å²) in [6.07, 6.45) is 3.64. The lowest BCUT2D eigenvalue weighted by molar-refractivity contribution is 0.0784. The average molecular weight is 323 g/mol. The minimum atomic E-state index is -0.0805. The Hall–Kier alpha value is -1.82. The van der Waals surface area contributed by atoms with Gasteiger partial charge < -0.3 is 10.6 Å². The van der Waals surface area contributed by atoms with E-state index < -0.39 is 0 Å². The van der Waals surface area contributed by atoms with Crippen molar-refractivity contribution in [1.29, 1.82) is 0 Å². The van der Waals surface area contributed by atoms with Crippen LogP contribution >= 0.6 is 15.9 Å². The van der Waals surface area contributed by atoms with Gasteiger partial charge in [-0.15, -0.1) is 0 Å². The van der Waals surface area contributed by atoms with E-state index in [4.69, 9.17) is 5.73 Å². The first-order valence-electron chi connectivity index (χ1n) is 5.76. The molecular formula is C13H15BrN4O. The fourth-order valence-corrected chi connectivity index (χ4v) is 2.25. The van der Waals surface area contributed by atoms with Crippen molar-refractivity contribution in [2.45, 2.75) is 6.54 Å². The number of amides is 1.